The van der Waals surface area contributed by atoms with Crippen LogP contribution in [0.2, 0.25) is 0 Å². The minimum absolute atomic E-state index is 0.116. The van der Waals surface area contributed by atoms with Crippen molar-refractivity contribution in [2.45, 2.75) is 63.5 Å². The first kappa shape index (κ1) is 18.9. The molecular formula is C20H31NO3S. The number of likely N-dealkylation sites (tertiary alicyclic amines) is 1. The highest BCUT2D eigenvalue weighted by Gasteiger charge is 2.38. The van der Waals surface area contributed by atoms with Crippen LogP contribution in [0, 0.1) is 0 Å². The van der Waals surface area contributed by atoms with Crippen molar-refractivity contribution in [1.82, 2.24) is 4.90 Å². The molecule has 3 rings (SSSR count). The molecule has 1 atom stereocenters. The van der Waals surface area contributed by atoms with Crippen molar-refractivity contribution >= 4 is 9.84 Å². The first-order chi connectivity index (χ1) is 11.8. The van der Waals surface area contributed by atoms with E-state index >= 15 is 0 Å². The Morgan fingerprint density at radius 2 is 1.80 bits per heavy atom. The number of sulfone groups is 1. The molecule has 0 radical (unpaired) electrons. The topological polar surface area (TPSA) is 57.6 Å². The second-order valence-corrected chi connectivity index (χ2v) is 10.5. The molecule has 2 fully saturated rings. The molecule has 5 heteroatoms. The number of hydrogen-bond donors (Lipinski definition) is 1. The van der Waals surface area contributed by atoms with E-state index in [9.17, 15) is 13.5 Å². The molecule has 140 valence electrons. The normalized spacial score (nSPS) is 26.6. The summed E-state index contributed by atoms with van der Waals surface area (Å²) in [6, 6.07) is 9.22. The van der Waals surface area contributed by atoms with Crippen LogP contribution in [-0.2, 0) is 9.84 Å². The highest BCUT2D eigenvalue weighted by Crippen LogP contribution is 2.35. The van der Waals surface area contributed by atoms with Crippen molar-refractivity contribution in [2.24, 2.45) is 0 Å². The molecule has 1 N–H and O–H groups in total. The van der Waals surface area contributed by atoms with Crippen LogP contribution in [0.3, 0.4) is 0 Å². The Morgan fingerprint density at radius 1 is 1.16 bits per heavy atom. The van der Waals surface area contributed by atoms with Gasteiger partial charge in [-0.15, -0.1) is 0 Å². The lowest BCUT2D eigenvalue weighted by atomic mass is 9.89. The van der Waals surface area contributed by atoms with Crippen molar-refractivity contribution < 1.29 is 13.5 Å². The van der Waals surface area contributed by atoms with E-state index in [-0.39, 0.29) is 11.5 Å². The first-order valence-corrected chi connectivity index (χ1v) is 11.4. The second-order valence-electron chi connectivity index (χ2n) is 8.18. The molecule has 0 saturated carbocycles. The van der Waals surface area contributed by atoms with E-state index in [1.165, 1.54) is 17.5 Å². The summed E-state index contributed by atoms with van der Waals surface area (Å²) >= 11 is 0. The van der Waals surface area contributed by atoms with Crippen molar-refractivity contribution in [3.63, 3.8) is 0 Å². The van der Waals surface area contributed by atoms with Crippen molar-refractivity contribution in [2.75, 3.05) is 24.6 Å². The average Bonchev–Trinajstić information content (AvgIpc) is 2.59. The first-order valence-electron chi connectivity index (χ1n) is 9.55. The van der Waals surface area contributed by atoms with Crippen LogP contribution in [0.15, 0.2) is 24.3 Å². The maximum Gasteiger partial charge on any atom is 0.150 e. The van der Waals surface area contributed by atoms with E-state index in [1.807, 2.05) is 0 Å². The Labute approximate surface area is 152 Å². The molecular weight excluding hydrogens is 334 g/mol. The fourth-order valence-corrected chi connectivity index (χ4v) is 5.70. The van der Waals surface area contributed by atoms with Gasteiger partial charge in [0.1, 0.15) is 0 Å². The quantitative estimate of drug-likeness (QED) is 0.890. The Morgan fingerprint density at radius 3 is 2.40 bits per heavy atom. The highest BCUT2D eigenvalue weighted by molar-refractivity contribution is 7.91. The third kappa shape index (κ3) is 4.63. The van der Waals surface area contributed by atoms with E-state index in [4.69, 9.17) is 0 Å². The smallest absolute Gasteiger partial charge is 0.150 e. The molecule has 0 amide bonds. The molecule has 2 heterocycles. The van der Waals surface area contributed by atoms with Gasteiger partial charge in [-0.3, -0.25) is 4.90 Å². The van der Waals surface area contributed by atoms with Gasteiger partial charge in [-0.25, -0.2) is 8.42 Å². The van der Waals surface area contributed by atoms with E-state index in [2.05, 4.69) is 43.0 Å². The lowest BCUT2D eigenvalue weighted by Gasteiger charge is -2.42. The Bertz CT molecular complexity index is 667. The number of aliphatic hydroxyl groups is 1. The number of benzene rings is 1. The van der Waals surface area contributed by atoms with Gasteiger partial charge >= 0.3 is 0 Å². The van der Waals surface area contributed by atoms with Crippen LogP contribution in [0.5, 0.6) is 0 Å². The van der Waals surface area contributed by atoms with Crippen molar-refractivity contribution in [3.05, 3.63) is 35.4 Å². The van der Waals surface area contributed by atoms with Gasteiger partial charge in [0.25, 0.3) is 0 Å². The van der Waals surface area contributed by atoms with Gasteiger partial charge in [0.2, 0.25) is 0 Å². The number of hydrogen-bond acceptors (Lipinski definition) is 4. The lowest BCUT2D eigenvalue weighted by Crippen LogP contribution is -2.50. The molecule has 0 spiro atoms. The van der Waals surface area contributed by atoms with E-state index in [0.29, 0.717) is 31.3 Å². The molecule has 4 nitrogen and oxygen atoms in total. The van der Waals surface area contributed by atoms with E-state index in [1.54, 1.807) is 0 Å². The summed E-state index contributed by atoms with van der Waals surface area (Å²) < 4.78 is 23.4. The second kappa shape index (κ2) is 7.37. The number of nitrogens with zero attached hydrogens (tertiary/aromatic N) is 1. The summed E-state index contributed by atoms with van der Waals surface area (Å²) in [5.74, 6) is 0.761. The minimum atomic E-state index is -2.95. The molecule has 1 aromatic carbocycles. The standard InChI is InChI=1S/C20H31NO3S/c1-16(2)17-6-8-18(9-7-17)19-5-3-4-12-21(19)15-20(22)10-13-25(23,24)14-11-20/h6-9,16,19,22H,3-5,10-15H2,1-2H3. The molecule has 25 heavy (non-hydrogen) atoms. The zero-order valence-electron chi connectivity index (χ0n) is 15.4. The van der Waals surface area contributed by atoms with E-state index in [0.717, 1.165) is 19.4 Å². The Balaban J connectivity index is 1.72. The third-order valence-electron chi connectivity index (χ3n) is 5.86. The lowest BCUT2D eigenvalue weighted by molar-refractivity contribution is -0.0245. The maximum absolute atomic E-state index is 11.7. The summed E-state index contributed by atoms with van der Waals surface area (Å²) in [6.07, 6.45) is 4.19. The van der Waals surface area contributed by atoms with Gasteiger partial charge < -0.3 is 5.11 Å². The Kier molecular flexibility index (Phi) is 5.57. The van der Waals surface area contributed by atoms with Crippen LogP contribution in [-0.4, -0.2) is 48.6 Å². The van der Waals surface area contributed by atoms with Crippen LogP contribution >= 0.6 is 0 Å². The monoisotopic (exact) mass is 365 g/mol. The molecule has 1 unspecified atom stereocenters. The predicted octanol–water partition coefficient (Wildman–Crippen LogP) is 3.28. The summed E-state index contributed by atoms with van der Waals surface area (Å²) in [6.45, 7) is 5.97. The van der Waals surface area contributed by atoms with Gasteiger partial charge in [-0.05, 0) is 49.3 Å². The van der Waals surface area contributed by atoms with E-state index < -0.39 is 15.4 Å². The molecule has 0 bridgehead atoms. The largest absolute Gasteiger partial charge is 0.388 e. The summed E-state index contributed by atoms with van der Waals surface area (Å²) in [7, 11) is -2.95. The van der Waals surface area contributed by atoms with Gasteiger partial charge in [0.05, 0.1) is 17.1 Å². The molecule has 2 aliphatic heterocycles. The van der Waals surface area contributed by atoms with Crippen LogP contribution in [0.4, 0.5) is 0 Å². The molecule has 1 aromatic rings. The van der Waals surface area contributed by atoms with Gasteiger partial charge in [0, 0.05) is 12.6 Å². The van der Waals surface area contributed by atoms with Gasteiger partial charge in [-0.1, -0.05) is 44.5 Å². The highest BCUT2D eigenvalue weighted by atomic mass is 32.2. The minimum Gasteiger partial charge on any atom is -0.388 e. The summed E-state index contributed by atoms with van der Waals surface area (Å²) in [5, 5.41) is 10.9. The third-order valence-corrected chi connectivity index (χ3v) is 7.51. The molecule has 2 aliphatic rings. The van der Waals surface area contributed by atoms with Crippen LogP contribution in [0.25, 0.3) is 0 Å². The van der Waals surface area contributed by atoms with Gasteiger partial charge in [-0.2, -0.15) is 0 Å². The fourth-order valence-electron chi connectivity index (χ4n) is 4.11. The van der Waals surface area contributed by atoms with Crippen LogP contribution < -0.4 is 0 Å². The number of rotatable bonds is 4. The average molecular weight is 366 g/mol. The SMILES string of the molecule is CC(C)c1ccc(C2CCCCN2CC2(O)CCS(=O)(=O)CC2)cc1. The number of β-amino-alcohol motifs (C(OH)–C–C–N with tert-alkyl or cyclic N) is 1. The molecule has 0 aliphatic carbocycles. The van der Waals surface area contributed by atoms with Crippen molar-refractivity contribution in [3.8, 4) is 0 Å². The number of piperidine rings is 1. The molecule has 0 aromatic heterocycles. The van der Waals surface area contributed by atoms with Crippen molar-refractivity contribution in [1.29, 1.82) is 0 Å². The zero-order chi connectivity index (χ0) is 18.1. The Hall–Kier alpha value is -0.910. The fraction of sp³-hybridized carbons (Fsp3) is 0.700. The maximum atomic E-state index is 11.7. The summed E-state index contributed by atoms with van der Waals surface area (Å²) in [4.78, 5) is 2.38. The zero-order valence-corrected chi connectivity index (χ0v) is 16.3. The molecule has 2 saturated heterocycles. The summed E-state index contributed by atoms with van der Waals surface area (Å²) in [5.41, 5.74) is 1.80. The van der Waals surface area contributed by atoms with Gasteiger partial charge in [0.15, 0.2) is 9.84 Å². The van der Waals surface area contributed by atoms with Crippen LogP contribution in [0.1, 0.15) is 69.0 Å². The predicted molar refractivity (Wildman–Crippen MR) is 102 cm³/mol.